The molecule has 0 aromatic heterocycles. The SMILES string of the molecule is C=C(C)C(=O)OCC(C)O[Si](C)(C)C(C)(C)C. The van der Waals surface area contributed by atoms with Gasteiger partial charge in [0.05, 0.1) is 6.10 Å². The zero-order valence-electron chi connectivity index (χ0n) is 12.2. The van der Waals surface area contributed by atoms with E-state index in [1.165, 1.54) is 0 Å². The number of esters is 1. The minimum absolute atomic E-state index is 0.0702. The molecule has 0 aromatic rings. The summed E-state index contributed by atoms with van der Waals surface area (Å²) in [6, 6.07) is 0. The molecule has 0 aliphatic rings. The normalized spacial score (nSPS) is 14.3. The van der Waals surface area contributed by atoms with E-state index in [2.05, 4.69) is 40.4 Å². The Morgan fingerprint density at radius 1 is 1.35 bits per heavy atom. The van der Waals surface area contributed by atoms with Crippen molar-refractivity contribution in [3.05, 3.63) is 12.2 Å². The highest BCUT2D eigenvalue weighted by molar-refractivity contribution is 6.74. The average molecular weight is 258 g/mol. The third-order valence-corrected chi connectivity index (χ3v) is 7.70. The Bertz CT molecular complexity index is 290. The maximum atomic E-state index is 11.2. The molecule has 0 rings (SSSR count). The second kappa shape index (κ2) is 5.82. The zero-order valence-corrected chi connectivity index (χ0v) is 13.2. The molecule has 0 radical (unpaired) electrons. The quantitative estimate of drug-likeness (QED) is 0.430. The Hall–Kier alpha value is -0.613. The van der Waals surface area contributed by atoms with E-state index >= 15 is 0 Å². The molecule has 3 nitrogen and oxygen atoms in total. The minimum Gasteiger partial charge on any atom is -0.460 e. The fraction of sp³-hybridized carbons (Fsp3) is 0.769. The van der Waals surface area contributed by atoms with Crippen LogP contribution in [0.15, 0.2) is 12.2 Å². The van der Waals surface area contributed by atoms with Crippen molar-refractivity contribution < 1.29 is 14.0 Å². The summed E-state index contributed by atoms with van der Waals surface area (Å²) in [6.45, 7) is 18.3. The Balaban J connectivity index is 4.24. The zero-order chi connectivity index (χ0) is 13.9. The molecule has 0 bridgehead atoms. The summed E-state index contributed by atoms with van der Waals surface area (Å²) in [6.07, 6.45) is -0.0702. The lowest BCUT2D eigenvalue weighted by atomic mass is 10.2. The topological polar surface area (TPSA) is 35.5 Å². The highest BCUT2D eigenvalue weighted by Gasteiger charge is 2.38. The molecular formula is C13H26O3Si. The van der Waals surface area contributed by atoms with Crippen LogP contribution < -0.4 is 0 Å². The van der Waals surface area contributed by atoms with Gasteiger partial charge in [0.15, 0.2) is 8.32 Å². The summed E-state index contributed by atoms with van der Waals surface area (Å²) < 4.78 is 11.1. The van der Waals surface area contributed by atoms with Crippen LogP contribution in [0.25, 0.3) is 0 Å². The van der Waals surface area contributed by atoms with Gasteiger partial charge in [0.25, 0.3) is 0 Å². The van der Waals surface area contributed by atoms with Crippen LogP contribution in [0.4, 0.5) is 0 Å². The molecule has 1 atom stereocenters. The maximum Gasteiger partial charge on any atom is 0.333 e. The first-order valence-electron chi connectivity index (χ1n) is 5.98. The van der Waals surface area contributed by atoms with Crippen molar-refractivity contribution in [2.24, 2.45) is 0 Å². The monoisotopic (exact) mass is 258 g/mol. The molecular weight excluding hydrogens is 232 g/mol. The molecule has 0 spiro atoms. The average Bonchev–Trinajstić information content (AvgIpc) is 2.11. The molecule has 0 aliphatic carbocycles. The fourth-order valence-corrected chi connectivity index (χ4v) is 2.46. The lowest BCUT2D eigenvalue weighted by Crippen LogP contribution is -2.44. The first-order chi connectivity index (χ1) is 7.47. The summed E-state index contributed by atoms with van der Waals surface area (Å²) in [5.41, 5.74) is 0.421. The van der Waals surface area contributed by atoms with Crippen LogP contribution >= 0.6 is 0 Å². The van der Waals surface area contributed by atoms with Gasteiger partial charge in [0, 0.05) is 5.57 Å². The Morgan fingerprint density at radius 3 is 2.18 bits per heavy atom. The van der Waals surface area contributed by atoms with E-state index in [1.54, 1.807) is 6.92 Å². The predicted octanol–water partition coefficient (Wildman–Crippen LogP) is 3.52. The van der Waals surface area contributed by atoms with Crippen LogP contribution in [0.2, 0.25) is 18.1 Å². The van der Waals surface area contributed by atoms with E-state index in [0.29, 0.717) is 5.57 Å². The van der Waals surface area contributed by atoms with Gasteiger partial charge in [-0.15, -0.1) is 0 Å². The second-order valence-corrected chi connectivity index (χ2v) is 10.8. The van der Waals surface area contributed by atoms with Crippen LogP contribution in [0.5, 0.6) is 0 Å². The smallest absolute Gasteiger partial charge is 0.333 e. The third-order valence-electron chi connectivity index (χ3n) is 3.10. The number of ether oxygens (including phenoxy) is 1. The Labute approximate surface area is 106 Å². The van der Waals surface area contributed by atoms with Crippen molar-refractivity contribution in [2.75, 3.05) is 6.61 Å². The van der Waals surface area contributed by atoms with Crippen molar-refractivity contribution in [3.8, 4) is 0 Å². The van der Waals surface area contributed by atoms with E-state index < -0.39 is 8.32 Å². The molecule has 0 fully saturated rings. The summed E-state index contributed by atoms with van der Waals surface area (Å²) in [5.74, 6) is -0.351. The highest BCUT2D eigenvalue weighted by Crippen LogP contribution is 2.37. The summed E-state index contributed by atoms with van der Waals surface area (Å²) in [4.78, 5) is 11.2. The van der Waals surface area contributed by atoms with Crippen LogP contribution in [0, 0.1) is 0 Å². The van der Waals surface area contributed by atoms with Crippen molar-refractivity contribution in [1.82, 2.24) is 0 Å². The second-order valence-electron chi connectivity index (χ2n) is 6.07. The third kappa shape index (κ3) is 5.50. The van der Waals surface area contributed by atoms with Gasteiger partial charge in [-0.1, -0.05) is 27.4 Å². The maximum absolute atomic E-state index is 11.2. The van der Waals surface area contributed by atoms with Gasteiger partial charge in [-0.2, -0.15) is 0 Å². The predicted molar refractivity (Wildman–Crippen MR) is 73.5 cm³/mol. The fourth-order valence-electron chi connectivity index (χ4n) is 1.03. The minimum atomic E-state index is -1.78. The van der Waals surface area contributed by atoms with E-state index in [4.69, 9.17) is 9.16 Å². The molecule has 100 valence electrons. The Morgan fingerprint density at radius 2 is 1.82 bits per heavy atom. The van der Waals surface area contributed by atoms with Crippen LogP contribution in [0.1, 0.15) is 34.6 Å². The number of hydrogen-bond acceptors (Lipinski definition) is 3. The summed E-state index contributed by atoms with van der Waals surface area (Å²) >= 11 is 0. The van der Waals surface area contributed by atoms with Crippen LogP contribution in [-0.4, -0.2) is 27.0 Å². The van der Waals surface area contributed by atoms with Crippen LogP contribution in [-0.2, 0) is 14.0 Å². The van der Waals surface area contributed by atoms with Crippen molar-refractivity contribution in [1.29, 1.82) is 0 Å². The van der Waals surface area contributed by atoms with Gasteiger partial charge in [-0.25, -0.2) is 4.79 Å². The number of rotatable bonds is 5. The lowest BCUT2D eigenvalue weighted by Gasteiger charge is -2.38. The number of hydrogen-bond donors (Lipinski definition) is 0. The number of carbonyl (C=O) groups is 1. The molecule has 1 unspecified atom stereocenters. The van der Waals surface area contributed by atoms with Gasteiger partial charge in [0.1, 0.15) is 6.61 Å². The van der Waals surface area contributed by atoms with Crippen molar-refractivity contribution in [3.63, 3.8) is 0 Å². The molecule has 0 aliphatic heterocycles. The first kappa shape index (κ1) is 16.4. The molecule has 0 saturated heterocycles. The van der Waals surface area contributed by atoms with Gasteiger partial charge in [-0.05, 0) is 32.0 Å². The van der Waals surface area contributed by atoms with Gasteiger partial charge >= 0.3 is 5.97 Å². The molecule has 4 heteroatoms. The van der Waals surface area contributed by atoms with Gasteiger partial charge < -0.3 is 9.16 Å². The van der Waals surface area contributed by atoms with Crippen molar-refractivity contribution in [2.45, 2.75) is 58.9 Å². The standard InChI is InChI=1S/C13H26O3Si/c1-10(2)12(14)15-9-11(3)16-17(7,8)13(4,5)6/h11H,1,9H2,2-8H3. The molecule has 0 amide bonds. The summed E-state index contributed by atoms with van der Waals surface area (Å²) in [5, 5.41) is 0.166. The van der Waals surface area contributed by atoms with E-state index in [-0.39, 0.29) is 23.7 Å². The molecule has 0 N–H and O–H groups in total. The van der Waals surface area contributed by atoms with Gasteiger partial charge in [-0.3, -0.25) is 0 Å². The van der Waals surface area contributed by atoms with Gasteiger partial charge in [0.2, 0.25) is 0 Å². The van der Waals surface area contributed by atoms with E-state index in [1.807, 2.05) is 6.92 Å². The highest BCUT2D eigenvalue weighted by atomic mass is 28.4. The number of carbonyl (C=O) groups excluding carboxylic acids is 1. The summed E-state index contributed by atoms with van der Waals surface area (Å²) in [7, 11) is -1.78. The van der Waals surface area contributed by atoms with Crippen molar-refractivity contribution >= 4 is 14.3 Å². The Kier molecular flexibility index (Phi) is 5.61. The molecule has 0 heterocycles. The van der Waals surface area contributed by atoms with Crippen LogP contribution in [0.3, 0.4) is 0 Å². The molecule has 0 aromatic carbocycles. The van der Waals surface area contributed by atoms with E-state index in [0.717, 1.165) is 0 Å². The van der Waals surface area contributed by atoms with E-state index in [9.17, 15) is 4.79 Å². The first-order valence-corrected chi connectivity index (χ1v) is 8.88. The molecule has 0 saturated carbocycles. The molecule has 17 heavy (non-hydrogen) atoms. The lowest BCUT2D eigenvalue weighted by molar-refractivity contribution is -0.141. The largest absolute Gasteiger partial charge is 0.460 e.